The van der Waals surface area contributed by atoms with Crippen LogP contribution in [0, 0.1) is 0 Å². The summed E-state index contributed by atoms with van der Waals surface area (Å²) in [6, 6.07) is 6.74. The normalized spacial score (nSPS) is 12.5. The molecule has 0 aliphatic carbocycles. The number of nitrogens with zero attached hydrogens (tertiary/aromatic N) is 2. The number of ether oxygens (including phenoxy) is 1. The Morgan fingerprint density at radius 2 is 2.29 bits per heavy atom. The van der Waals surface area contributed by atoms with Crippen LogP contribution < -0.4 is 5.32 Å². The topological polar surface area (TPSA) is 93.0 Å². The maximum Gasteiger partial charge on any atom is 0.268 e. The first-order valence-electron chi connectivity index (χ1n) is 7.47. The minimum Gasteiger partial charge on any atom is -0.384 e. The Morgan fingerprint density at radius 3 is 3.08 bits per heavy atom. The van der Waals surface area contributed by atoms with Crippen molar-refractivity contribution in [2.45, 2.75) is 19.4 Å². The number of aromatic amines is 1. The Labute approximate surface area is 143 Å². The summed E-state index contributed by atoms with van der Waals surface area (Å²) in [5, 5.41) is 8.18. The average Bonchev–Trinajstić information content (AvgIpc) is 3.19. The minimum atomic E-state index is -0.406. The lowest BCUT2D eigenvalue weighted by Gasteiger charge is -2.08. The van der Waals surface area contributed by atoms with E-state index < -0.39 is 6.04 Å². The van der Waals surface area contributed by atoms with E-state index in [-0.39, 0.29) is 5.91 Å². The first kappa shape index (κ1) is 16.5. The zero-order valence-corrected chi connectivity index (χ0v) is 14.1. The van der Waals surface area contributed by atoms with Gasteiger partial charge >= 0.3 is 0 Å². The summed E-state index contributed by atoms with van der Waals surface area (Å²) in [6.45, 7) is 2.29. The highest BCUT2D eigenvalue weighted by atomic mass is 35.5. The molecule has 1 amide bonds. The molecule has 2 heterocycles. The van der Waals surface area contributed by atoms with Crippen molar-refractivity contribution < 1.29 is 14.1 Å². The van der Waals surface area contributed by atoms with Gasteiger partial charge < -0.3 is 19.6 Å². The van der Waals surface area contributed by atoms with Crippen LogP contribution in [-0.4, -0.2) is 34.7 Å². The van der Waals surface area contributed by atoms with Gasteiger partial charge in [0.15, 0.2) is 5.82 Å². The second kappa shape index (κ2) is 7.02. The third-order valence-electron chi connectivity index (χ3n) is 3.56. The molecule has 1 atom stereocenters. The number of fused-ring (bicyclic) bond motifs is 1. The third-order valence-corrected chi connectivity index (χ3v) is 3.79. The van der Waals surface area contributed by atoms with Crippen LogP contribution in [0.4, 0.5) is 0 Å². The van der Waals surface area contributed by atoms with Gasteiger partial charge in [0.1, 0.15) is 11.7 Å². The molecule has 0 saturated carbocycles. The first-order valence-corrected chi connectivity index (χ1v) is 7.85. The van der Waals surface area contributed by atoms with Gasteiger partial charge in [0, 0.05) is 29.5 Å². The molecule has 0 radical (unpaired) electrons. The molecule has 0 bridgehead atoms. The molecular weight excluding hydrogens is 332 g/mol. The molecule has 0 saturated heterocycles. The molecule has 0 fully saturated rings. The van der Waals surface area contributed by atoms with Crippen LogP contribution in [0.1, 0.15) is 35.2 Å². The molecule has 2 aromatic heterocycles. The van der Waals surface area contributed by atoms with Crippen LogP contribution >= 0.6 is 11.6 Å². The standard InChI is InChI=1S/C16H17ClN4O3/c1-9(16-20-14(21-24-16)5-6-23-2)18-15(22)13-8-10-7-11(17)3-4-12(10)19-13/h3-4,7-9,19H,5-6H2,1-2H3,(H,18,22). The van der Waals surface area contributed by atoms with Crippen molar-refractivity contribution in [3.8, 4) is 0 Å². The largest absolute Gasteiger partial charge is 0.384 e. The van der Waals surface area contributed by atoms with Gasteiger partial charge in [0.2, 0.25) is 5.89 Å². The summed E-state index contributed by atoms with van der Waals surface area (Å²) >= 11 is 5.96. The summed E-state index contributed by atoms with van der Waals surface area (Å²) in [4.78, 5) is 19.7. The Hall–Kier alpha value is -2.38. The Bertz CT molecular complexity index is 858. The van der Waals surface area contributed by atoms with E-state index in [1.807, 2.05) is 6.07 Å². The SMILES string of the molecule is COCCc1noc(C(C)NC(=O)c2cc3cc(Cl)ccc3[nH]2)n1. The van der Waals surface area contributed by atoms with Crippen LogP contribution in [0.25, 0.3) is 10.9 Å². The highest BCUT2D eigenvalue weighted by molar-refractivity contribution is 6.31. The number of H-pyrrole nitrogens is 1. The van der Waals surface area contributed by atoms with Crippen LogP contribution in [-0.2, 0) is 11.2 Å². The summed E-state index contributed by atoms with van der Waals surface area (Å²) < 4.78 is 10.1. The number of aromatic nitrogens is 3. The number of carbonyl (C=O) groups is 1. The number of halogens is 1. The van der Waals surface area contributed by atoms with Gasteiger partial charge in [-0.1, -0.05) is 16.8 Å². The van der Waals surface area contributed by atoms with E-state index in [9.17, 15) is 4.79 Å². The van der Waals surface area contributed by atoms with Crippen molar-refractivity contribution in [3.05, 3.63) is 46.7 Å². The third kappa shape index (κ3) is 3.58. The molecule has 1 unspecified atom stereocenters. The summed E-state index contributed by atoms with van der Waals surface area (Å²) in [7, 11) is 1.61. The fourth-order valence-electron chi connectivity index (χ4n) is 2.30. The van der Waals surface area contributed by atoms with E-state index in [1.165, 1.54) is 0 Å². The van der Waals surface area contributed by atoms with Crippen molar-refractivity contribution in [2.24, 2.45) is 0 Å². The molecule has 3 rings (SSSR count). The van der Waals surface area contributed by atoms with Gasteiger partial charge in [-0.25, -0.2) is 0 Å². The van der Waals surface area contributed by atoms with Gasteiger partial charge in [0.25, 0.3) is 5.91 Å². The maximum absolute atomic E-state index is 12.4. The summed E-state index contributed by atoms with van der Waals surface area (Å²) in [5.41, 5.74) is 1.29. The lowest BCUT2D eigenvalue weighted by molar-refractivity contribution is 0.0928. The molecule has 0 aliphatic heterocycles. The summed E-state index contributed by atoms with van der Waals surface area (Å²) in [6.07, 6.45) is 0.559. The number of benzene rings is 1. The summed E-state index contributed by atoms with van der Waals surface area (Å²) in [5.74, 6) is 0.647. The number of hydrogen-bond acceptors (Lipinski definition) is 5. The van der Waals surface area contributed by atoms with Gasteiger partial charge in [0.05, 0.1) is 6.61 Å². The van der Waals surface area contributed by atoms with Crippen molar-refractivity contribution in [3.63, 3.8) is 0 Å². The van der Waals surface area contributed by atoms with Crippen LogP contribution in [0.3, 0.4) is 0 Å². The van der Waals surface area contributed by atoms with E-state index in [1.54, 1.807) is 32.2 Å². The van der Waals surface area contributed by atoms with Crippen molar-refractivity contribution in [1.82, 2.24) is 20.4 Å². The van der Waals surface area contributed by atoms with Crippen LogP contribution in [0.5, 0.6) is 0 Å². The molecule has 2 N–H and O–H groups in total. The molecule has 8 heteroatoms. The predicted octanol–water partition coefficient (Wildman–Crippen LogP) is 2.88. The number of amides is 1. The van der Waals surface area contributed by atoms with E-state index >= 15 is 0 Å². The van der Waals surface area contributed by atoms with Crippen molar-refractivity contribution >= 4 is 28.4 Å². The molecule has 3 aromatic rings. The smallest absolute Gasteiger partial charge is 0.268 e. The highest BCUT2D eigenvalue weighted by Gasteiger charge is 2.18. The lowest BCUT2D eigenvalue weighted by Crippen LogP contribution is -2.27. The molecule has 0 spiro atoms. The molecule has 126 valence electrons. The van der Waals surface area contributed by atoms with E-state index in [0.29, 0.717) is 35.5 Å². The van der Waals surface area contributed by atoms with E-state index in [2.05, 4.69) is 20.4 Å². The number of methoxy groups -OCH3 is 1. The van der Waals surface area contributed by atoms with Gasteiger partial charge in [-0.15, -0.1) is 0 Å². The first-order chi connectivity index (χ1) is 11.6. The quantitative estimate of drug-likeness (QED) is 0.714. The molecule has 24 heavy (non-hydrogen) atoms. The van der Waals surface area contributed by atoms with Gasteiger partial charge in [-0.3, -0.25) is 4.79 Å². The van der Waals surface area contributed by atoms with E-state index in [0.717, 1.165) is 10.9 Å². The fraction of sp³-hybridized carbons (Fsp3) is 0.312. The van der Waals surface area contributed by atoms with Crippen molar-refractivity contribution in [2.75, 3.05) is 13.7 Å². The van der Waals surface area contributed by atoms with Crippen LogP contribution in [0.15, 0.2) is 28.8 Å². The Kier molecular flexibility index (Phi) is 4.82. The molecule has 0 aliphatic rings. The molecule has 1 aromatic carbocycles. The predicted molar refractivity (Wildman–Crippen MR) is 89.1 cm³/mol. The lowest BCUT2D eigenvalue weighted by atomic mass is 10.2. The Balaban J connectivity index is 1.69. The number of nitrogens with one attached hydrogen (secondary N) is 2. The van der Waals surface area contributed by atoms with Crippen molar-refractivity contribution in [1.29, 1.82) is 0 Å². The monoisotopic (exact) mass is 348 g/mol. The zero-order chi connectivity index (χ0) is 17.1. The van der Waals surface area contributed by atoms with Gasteiger partial charge in [-0.05, 0) is 31.2 Å². The number of carbonyl (C=O) groups excluding carboxylic acids is 1. The number of hydrogen-bond donors (Lipinski definition) is 2. The minimum absolute atomic E-state index is 0.258. The zero-order valence-electron chi connectivity index (χ0n) is 13.3. The van der Waals surface area contributed by atoms with Gasteiger partial charge in [-0.2, -0.15) is 4.98 Å². The maximum atomic E-state index is 12.4. The fourth-order valence-corrected chi connectivity index (χ4v) is 2.48. The number of rotatable bonds is 6. The molecular formula is C16H17ClN4O3. The van der Waals surface area contributed by atoms with E-state index in [4.69, 9.17) is 20.9 Å². The Morgan fingerprint density at radius 1 is 1.46 bits per heavy atom. The molecule has 7 nitrogen and oxygen atoms in total. The second-order valence-electron chi connectivity index (χ2n) is 5.40. The van der Waals surface area contributed by atoms with Crippen LogP contribution in [0.2, 0.25) is 5.02 Å². The average molecular weight is 349 g/mol. The highest BCUT2D eigenvalue weighted by Crippen LogP contribution is 2.20. The second-order valence-corrected chi connectivity index (χ2v) is 5.84.